The first-order valence-corrected chi connectivity index (χ1v) is 11.1. The molecule has 0 unspecified atom stereocenters. The molecule has 154 valence electrons. The van der Waals surface area contributed by atoms with Gasteiger partial charge in [0.15, 0.2) is 0 Å². The van der Waals surface area contributed by atoms with Crippen molar-refractivity contribution in [3.8, 4) is 5.75 Å². The summed E-state index contributed by atoms with van der Waals surface area (Å²) in [5.41, 5.74) is 3.15. The number of para-hydroxylation sites is 2. The zero-order valence-electron chi connectivity index (χ0n) is 16.9. The van der Waals surface area contributed by atoms with Crippen molar-refractivity contribution in [2.75, 3.05) is 25.1 Å². The van der Waals surface area contributed by atoms with E-state index in [4.69, 9.17) is 17.0 Å². The number of hydrogen-bond donors (Lipinski definition) is 0. The molecule has 2 aromatic carbocycles. The summed E-state index contributed by atoms with van der Waals surface area (Å²) in [7, 11) is 1.63. The van der Waals surface area contributed by atoms with Crippen molar-refractivity contribution in [2.45, 2.75) is 19.8 Å². The minimum absolute atomic E-state index is 0.122. The number of amides is 2. The lowest BCUT2D eigenvalue weighted by Crippen LogP contribution is -2.31. The van der Waals surface area contributed by atoms with Crippen LogP contribution in [0.25, 0.3) is 5.57 Å². The van der Waals surface area contributed by atoms with Crippen LogP contribution in [0.5, 0.6) is 5.75 Å². The Balaban J connectivity index is 1.64. The highest BCUT2D eigenvalue weighted by atomic mass is 32.2. The van der Waals surface area contributed by atoms with E-state index in [1.807, 2.05) is 55.5 Å². The molecule has 0 aliphatic carbocycles. The average molecular weight is 439 g/mol. The van der Waals surface area contributed by atoms with Gasteiger partial charge in [0.05, 0.1) is 23.3 Å². The zero-order valence-corrected chi connectivity index (χ0v) is 18.5. The number of methoxy groups -OCH3 is 1. The number of rotatable bonds is 6. The molecule has 2 amide bonds. The average Bonchev–Trinajstić information content (AvgIpc) is 3.19. The van der Waals surface area contributed by atoms with Crippen LogP contribution in [0.15, 0.2) is 53.4 Å². The Morgan fingerprint density at radius 1 is 0.967 bits per heavy atom. The van der Waals surface area contributed by atoms with Crippen LogP contribution in [0.3, 0.4) is 0 Å². The Labute approximate surface area is 185 Å². The van der Waals surface area contributed by atoms with Gasteiger partial charge in [-0.2, -0.15) is 0 Å². The van der Waals surface area contributed by atoms with Gasteiger partial charge in [-0.25, -0.2) is 0 Å². The fraction of sp³-hybridized carbons (Fsp3) is 0.261. The van der Waals surface area contributed by atoms with Gasteiger partial charge in [-0.05, 0) is 30.5 Å². The number of hydrogen-bond acceptors (Lipinski definition) is 5. The van der Waals surface area contributed by atoms with Crippen LogP contribution >= 0.6 is 24.0 Å². The van der Waals surface area contributed by atoms with Crippen LogP contribution in [0.1, 0.15) is 24.5 Å². The first kappa shape index (κ1) is 20.6. The fourth-order valence-electron chi connectivity index (χ4n) is 3.83. The maximum atomic E-state index is 13.3. The summed E-state index contributed by atoms with van der Waals surface area (Å²) in [5.74, 6) is 0.469. The lowest BCUT2D eigenvalue weighted by Gasteiger charge is -2.16. The van der Waals surface area contributed by atoms with Crippen molar-refractivity contribution in [3.63, 3.8) is 0 Å². The van der Waals surface area contributed by atoms with E-state index < -0.39 is 0 Å². The summed E-state index contributed by atoms with van der Waals surface area (Å²) < 4.78 is 5.89. The topological polar surface area (TPSA) is 49.9 Å². The van der Waals surface area contributed by atoms with Gasteiger partial charge in [0, 0.05) is 18.7 Å². The second-order valence-electron chi connectivity index (χ2n) is 7.06. The number of benzene rings is 2. The van der Waals surface area contributed by atoms with Crippen LogP contribution < -0.4 is 9.64 Å². The molecule has 1 saturated heterocycles. The molecule has 4 rings (SSSR count). The number of nitrogens with zero attached hydrogens (tertiary/aromatic N) is 2. The van der Waals surface area contributed by atoms with Crippen molar-refractivity contribution in [3.05, 3.63) is 64.6 Å². The van der Waals surface area contributed by atoms with Gasteiger partial charge in [-0.15, -0.1) is 0 Å². The summed E-state index contributed by atoms with van der Waals surface area (Å²) in [6.45, 7) is 3.09. The van der Waals surface area contributed by atoms with Gasteiger partial charge in [-0.1, -0.05) is 67.3 Å². The number of thiocarbonyl (C=S) groups is 1. The maximum absolute atomic E-state index is 13.3. The summed E-state index contributed by atoms with van der Waals surface area (Å²) >= 11 is 6.72. The fourth-order valence-corrected chi connectivity index (χ4v) is 5.21. The molecule has 0 aromatic heterocycles. The van der Waals surface area contributed by atoms with Gasteiger partial charge in [0.25, 0.3) is 11.8 Å². The smallest absolute Gasteiger partial charge is 0.267 e. The molecule has 5 nitrogen and oxygen atoms in total. The van der Waals surface area contributed by atoms with E-state index in [1.54, 1.807) is 16.9 Å². The molecule has 2 aliphatic heterocycles. The van der Waals surface area contributed by atoms with Crippen molar-refractivity contribution < 1.29 is 14.3 Å². The monoisotopic (exact) mass is 438 g/mol. The van der Waals surface area contributed by atoms with Gasteiger partial charge in [0.2, 0.25) is 0 Å². The van der Waals surface area contributed by atoms with E-state index in [2.05, 4.69) is 0 Å². The molecular formula is C23H22N2O3S2. The van der Waals surface area contributed by atoms with Crippen LogP contribution in [0.2, 0.25) is 0 Å². The summed E-state index contributed by atoms with van der Waals surface area (Å²) in [4.78, 5) is 30.2. The molecular weight excluding hydrogens is 416 g/mol. The normalized spacial score (nSPS) is 18.4. The molecule has 2 heterocycles. The van der Waals surface area contributed by atoms with E-state index in [-0.39, 0.29) is 11.8 Å². The molecule has 1 fully saturated rings. The first-order valence-electron chi connectivity index (χ1n) is 9.88. The molecule has 0 saturated carbocycles. The minimum Gasteiger partial charge on any atom is -0.496 e. The Kier molecular flexibility index (Phi) is 5.92. The number of thioether (sulfide) groups is 1. The first-order chi connectivity index (χ1) is 14.6. The SMILES string of the molecule is CCCN1C(=O)C(=C2SC(=S)N(CCc3ccccc3OC)C2=O)c2ccccc21. The van der Waals surface area contributed by atoms with Gasteiger partial charge >= 0.3 is 0 Å². The molecule has 0 radical (unpaired) electrons. The third-order valence-electron chi connectivity index (χ3n) is 5.24. The van der Waals surface area contributed by atoms with Crippen LogP contribution in [0, 0.1) is 0 Å². The Morgan fingerprint density at radius 2 is 1.70 bits per heavy atom. The van der Waals surface area contributed by atoms with Crippen LogP contribution in [0.4, 0.5) is 5.69 Å². The lowest BCUT2D eigenvalue weighted by molar-refractivity contribution is -0.122. The van der Waals surface area contributed by atoms with Crippen LogP contribution in [-0.2, 0) is 16.0 Å². The second kappa shape index (κ2) is 8.62. The molecule has 7 heteroatoms. The largest absolute Gasteiger partial charge is 0.496 e. The highest BCUT2D eigenvalue weighted by Gasteiger charge is 2.41. The molecule has 0 N–H and O–H groups in total. The molecule has 30 heavy (non-hydrogen) atoms. The number of anilines is 1. The Morgan fingerprint density at radius 3 is 2.47 bits per heavy atom. The molecule has 0 spiro atoms. The van der Waals surface area contributed by atoms with E-state index >= 15 is 0 Å². The standard InChI is InChI=1S/C23H22N2O3S2/c1-3-13-24-17-10-6-5-9-16(17)19(21(24)26)20-22(27)25(23(29)30-20)14-12-15-8-4-7-11-18(15)28-2/h4-11H,3,12-14H2,1-2H3. The minimum atomic E-state index is -0.198. The summed E-state index contributed by atoms with van der Waals surface area (Å²) in [5, 5.41) is 0. The van der Waals surface area contributed by atoms with Crippen molar-refractivity contribution in [2.24, 2.45) is 0 Å². The predicted octanol–water partition coefficient (Wildman–Crippen LogP) is 4.27. The quantitative estimate of drug-likeness (QED) is 0.498. The summed E-state index contributed by atoms with van der Waals surface area (Å²) in [6, 6.07) is 15.4. The lowest BCUT2D eigenvalue weighted by atomic mass is 10.1. The van der Waals surface area contributed by atoms with E-state index in [0.29, 0.717) is 34.3 Å². The highest BCUT2D eigenvalue weighted by molar-refractivity contribution is 8.26. The number of carbonyl (C=O) groups excluding carboxylic acids is 2. The molecule has 0 atom stereocenters. The molecule has 2 aliphatic rings. The maximum Gasteiger partial charge on any atom is 0.267 e. The Bertz CT molecular complexity index is 1060. The van der Waals surface area contributed by atoms with E-state index in [9.17, 15) is 9.59 Å². The molecule has 2 aromatic rings. The Hall–Kier alpha value is -2.64. The molecule has 0 bridgehead atoms. The zero-order chi connectivity index (χ0) is 21.3. The van der Waals surface area contributed by atoms with Gasteiger partial charge < -0.3 is 9.64 Å². The van der Waals surface area contributed by atoms with E-state index in [0.717, 1.165) is 29.0 Å². The second-order valence-corrected chi connectivity index (χ2v) is 8.71. The predicted molar refractivity (Wildman–Crippen MR) is 125 cm³/mol. The van der Waals surface area contributed by atoms with Crippen molar-refractivity contribution >= 4 is 51.4 Å². The highest BCUT2D eigenvalue weighted by Crippen LogP contribution is 2.44. The van der Waals surface area contributed by atoms with E-state index in [1.165, 1.54) is 11.8 Å². The van der Waals surface area contributed by atoms with Crippen LogP contribution in [-0.4, -0.2) is 41.2 Å². The summed E-state index contributed by atoms with van der Waals surface area (Å²) in [6.07, 6.45) is 1.46. The number of carbonyl (C=O) groups is 2. The third-order valence-corrected chi connectivity index (χ3v) is 6.69. The van der Waals surface area contributed by atoms with Gasteiger partial charge in [0.1, 0.15) is 10.1 Å². The number of fused-ring (bicyclic) bond motifs is 1. The van der Waals surface area contributed by atoms with Crippen molar-refractivity contribution in [1.82, 2.24) is 4.90 Å². The third kappa shape index (κ3) is 3.52. The van der Waals surface area contributed by atoms with Crippen molar-refractivity contribution in [1.29, 1.82) is 0 Å². The number of ether oxygens (including phenoxy) is 1. The van der Waals surface area contributed by atoms with Gasteiger partial charge in [-0.3, -0.25) is 14.5 Å².